The highest BCUT2D eigenvalue weighted by Gasteiger charge is 2.23. The molecule has 0 fully saturated rings. The summed E-state index contributed by atoms with van der Waals surface area (Å²) in [5, 5.41) is 9.07. The Kier molecular flexibility index (Phi) is 6.55. The molecule has 2 heterocycles. The molecule has 53 heavy (non-hydrogen) atoms. The lowest BCUT2D eigenvalue weighted by molar-refractivity contribution is 0.670. The predicted octanol–water partition coefficient (Wildman–Crippen LogP) is 14.6. The van der Waals surface area contributed by atoms with Crippen LogP contribution in [-0.2, 0) is 0 Å². The molecule has 0 atom stereocenters. The monoisotopic (exact) mass is 677 g/mol. The summed E-state index contributed by atoms with van der Waals surface area (Å²) in [6.45, 7) is 0. The van der Waals surface area contributed by atoms with Gasteiger partial charge < -0.3 is 13.7 Å². The summed E-state index contributed by atoms with van der Waals surface area (Å²) >= 11 is 0. The smallest absolute Gasteiger partial charge is 0.159 e. The first-order chi connectivity index (χ1) is 26.3. The molecule has 248 valence electrons. The quantitative estimate of drug-likeness (QED) is 0.182. The van der Waals surface area contributed by atoms with Gasteiger partial charge in [0.05, 0.1) is 11.4 Å². The van der Waals surface area contributed by atoms with Gasteiger partial charge >= 0.3 is 0 Å². The minimum atomic E-state index is 0.853. The van der Waals surface area contributed by atoms with Gasteiger partial charge in [0.25, 0.3) is 0 Å². The van der Waals surface area contributed by atoms with Crippen molar-refractivity contribution in [3.05, 3.63) is 188 Å². The van der Waals surface area contributed by atoms with Gasteiger partial charge in [0.15, 0.2) is 5.58 Å². The van der Waals surface area contributed by atoms with Crippen LogP contribution in [0.15, 0.2) is 197 Å². The van der Waals surface area contributed by atoms with E-state index in [0.717, 1.165) is 88.2 Å². The van der Waals surface area contributed by atoms with Gasteiger partial charge in [-0.1, -0.05) is 152 Å². The van der Waals surface area contributed by atoms with Crippen LogP contribution >= 0.6 is 0 Å². The van der Waals surface area contributed by atoms with E-state index in [-0.39, 0.29) is 0 Å². The van der Waals surface area contributed by atoms with Crippen LogP contribution in [0.3, 0.4) is 0 Å². The second-order valence-corrected chi connectivity index (χ2v) is 13.6. The van der Waals surface area contributed by atoms with Crippen molar-refractivity contribution in [3.63, 3.8) is 0 Å². The maximum atomic E-state index is 6.94. The Morgan fingerprint density at radius 2 is 0.943 bits per heavy atom. The lowest BCUT2D eigenvalue weighted by Crippen LogP contribution is -2.11. The Morgan fingerprint density at radius 3 is 1.79 bits per heavy atom. The third-order valence-corrected chi connectivity index (χ3v) is 10.7. The van der Waals surface area contributed by atoms with Crippen molar-refractivity contribution >= 4 is 82.5 Å². The van der Waals surface area contributed by atoms with Crippen molar-refractivity contribution in [1.29, 1.82) is 0 Å². The highest BCUT2D eigenvalue weighted by molar-refractivity contribution is 6.18. The predicted molar refractivity (Wildman–Crippen MR) is 222 cm³/mol. The average Bonchev–Trinajstić information content (AvgIpc) is 3.81. The molecule has 0 unspecified atom stereocenters. The topological polar surface area (TPSA) is 29.5 Å². The van der Waals surface area contributed by atoms with Gasteiger partial charge in [0, 0.05) is 43.6 Å². The molecule has 0 aliphatic carbocycles. The molecule has 0 bridgehead atoms. The number of fused-ring (bicyclic) bond motifs is 9. The molecule has 9 aromatic carbocycles. The van der Waals surface area contributed by atoms with Crippen LogP contribution < -0.4 is 4.90 Å². The van der Waals surface area contributed by atoms with E-state index < -0.39 is 0 Å². The summed E-state index contributed by atoms with van der Waals surface area (Å²) in [7, 11) is 0. The minimum absolute atomic E-state index is 0.853. The largest absolute Gasteiger partial charge is 0.455 e. The van der Waals surface area contributed by atoms with Crippen molar-refractivity contribution in [2.24, 2.45) is 0 Å². The van der Waals surface area contributed by atoms with Crippen LogP contribution in [0.25, 0.3) is 87.7 Å². The lowest BCUT2D eigenvalue weighted by Gasteiger charge is -2.27. The third-order valence-electron chi connectivity index (χ3n) is 10.7. The summed E-state index contributed by atoms with van der Waals surface area (Å²) in [6, 6.07) is 66.7. The molecule has 2 aromatic heterocycles. The number of nitrogens with zero attached hydrogens (tertiary/aromatic N) is 1. The average molecular weight is 678 g/mol. The lowest BCUT2D eigenvalue weighted by atomic mass is 9.96. The number of rotatable bonds is 5. The Balaban J connectivity index is 1.15. The van der Waals surface area contributed by atoms with Crippen LogP contribution in [0.1, 0.15) is 0 Å². The highest BCUT2D eigenvalue weighted by atomic mass is 16.3. The van der Waals surface area contributed by atoms with Crippen LogP contribution in [0, 0.1) is 0 Å². The highest BCUT2D eigenvalue weighted by Crippen LogP contribution is 2.47. The van der Waals surface area contributed by atoms with Gasteiger partial charge in [-0.25, -0.2) is 0 Å². The molecular weight excluding hydrogens is 647 g/mol. The molecule has 11 rings (SSSR count). The summed E-state index contributed by atoms with van der Waals surface area (Å²) in [5.74, 6) is 0. The number of hydrogen-bond acceptors (Lipinski definition) is 3. The van der Waals surface area contributed by atoms with E-state index >= 15 is 0 Å². The van der Waals surface area contributed by atoms with Crippen molar-refractivity contribution < 1.29 is 8.83 Å². The molecule has 0 aliphatic heterocycles. The summed E-state index contributed by atoms with van der Waals surface area (Å²) in [6.07, 6.45) is 0. The molecule has 0 saturated heterocycles. The first-order valence-corrected chi connectivity index (χ1v) is 18.0. The zero-order chi connectivity index (χ0) is 34.9. The third kappa shape index (κ3) is 4.61. The maximum Gasteiger partial charge on any atom is 0.159 e. The van der Waals surface area contributed by atoms with E-state index in [4.69, 9.17) is 8.83 Å². The second-order valence-electron chi connectivity index (χ2n) is 13.6. The van der Waals surface area contributed by atoms with Crippen LogP contribution in [0.2, 0.25) is 0 Å². The normalized spacial score (nSPS) is 11.8. The molecule has 11 aromatic rings. The van der Waals surface area contributed by atoms with E-state index in [9.17, 15) is 0 Å². The van der Waals surface area contributed by atoms with Crippen LogP contribution in [0.5, 0.6) is 0 Å². The number of furan rings is 2. The molecule has 0 radical (unpaired) electrons. The van der Waals surface area contributed by atoms with E-state index in [0.29, 0.717) is 0 Å². The van der Waals surface area contributed by atoms with Gasteiger partial charge in [-0.3, -0.25) is 0 Å². The van der Waals surface area contributed by atoms with Crippen molar-refractivity contribution in [2.75, 3.05) is 4.90 Å². The summed E-state index contributed by atoms with van der Waals surface area (Å²) < 4.78 is 13.4. The van der Waals surface area contributed by atoms with Gasteiger partial charge in [-0.05, 0) is 63.9 Å². The zero-order valence-corrected chi connectivity index (χ0v) is 28.7. The Bertz CT molecular complexity index is 3170. The van der Waals surface area contributed by atoms with Gasteiger partial charge in [0.1, 0.15) is 16.7 Å². The van der Waals surface area contributed by atoms with Crippen LogP contribution in [0.4, 0.5) is 17.1 Å². The Labute approximate surface area is 305 Å². The van der Waals surface area contributed by atoms with Gasteiger partial charge in [-0.2, -0.15) is 0 Å². The van der Waals surface area contributed by atoms with Gasteiger partial charge in [-0.15, -0.1) is 0 Å². The number of benzene rings is 9. The Morgan fingerprint density at radius 1 is 0.302 bits per heavy atom. The first kappa shape index (κ1) is 29.6. The molecular formula is C50H31NO2. The van der Waals surface area contributed by atoms with E-state index in [2.05, 4.69) is 181 Å². The fourth-order valence-corrected chi connectivity index (χ4v) is 8.21. The summed E-state index contributed by atoms with van der Waals surface area (Å²) in [5.41, 5.74) is 11.2. The number of para-hydroxylation sites is 3. The Hall–Kier alpha value is -7.10. The van der Waals surface area contributed by atoms with Crippen molar-refractivity contribution in [1.82, 2.24) is 0 Å². The molecule has 0 spiro atoms. The van der Waals surface area contributed by atoms with E-state index in [1.807, 2.05) is 12.1 Å². The van der Waals surface area contributed by atoms with Crippen molar-refractivity contribution in [3.8, 4) is 22.3 Å². The number of hydrogen-bond donors (Lipinski definition) is 0. The second kappa shape index (κ2) is 11.7. The molecule has 3 nitrogen and oxygen atoms in total. The standard InChI is InChI=1S/C50H31NO2/c1-2-12-32(13-3-1)36-30-31-45(40-17-7-6-16-39(36)40)51(46-22-11-21-43-44-29-26-33-14-4-5-15-37(33)49(44)53-50(43)46)35-27-24-34(25-28-35)38-19-10-20-42-41-18-8-9-23-47(41)52-48(38)42/h1-31H. The van der Waals surface area contributed by atoms with E-state index in [1.54, 1.807) is 0 Å². The molecule has 0 saturated carbocycles. The van der Waals surface area contributed by atoms with Gasteiger partial charge in [0.2, 0.25) is 0 Å². The summed E-state index contributed by atoms with van der Waals surface area (Å²) in [4.78, 5) is 2.36. The fourth-order valence-electron chi connectivity index (χ4n) is 8.21. The van der Waals surface area contributed by atoms with Crippen LogP contribution in [-0.4, -0.2) is 0 Å². The molecule has 3 heteroatoms. The zero-order valence-electron chi connectivity index (χ0n) is 28.7. The molecule has 0 N–H and O–H groups in total. The minimum Gasteiger partial charge on any atom is -0.455 e. The maximum absolute atomic E-state index is 6.94. The SMILES string of the molecule is c1ccc(-c2ccc(N(c3ccc(-c4cccc5c4oc4ccccc45)cc3)c3cccc4c3oc3c5ccccc5ccc43)c3ccccc23)cc1. The molecule has 0 aliphatic rings. The molecule has 0 amide bonds. The fraction of sp³-hybridized carbons (Fsp3) is 0. The first-order valence-electron chi connectivity index (χ1n) is 18.0. The van der Waals surface area contributed by atoms with E-state index in [1.165, 1.54) is 16.5 Å². The number of anilines is 3. The van der Waals surface area contributed by atoms with Crippen molar-refractivity contribution in [2.45, 2.75) is 0 Å².